The Bertz CT molecular complexity index is 1420. The van der Waals surface area contributed by atoms with Crippen LogP contribution in [0.25, 0.3) is 6.08 Å². The van der Waals surface area contributed by atoms with E-state index < -0.39 is 26.6 Å². The molecule has 0 radical (unpaired) electrons. The van der Waals surface area contributed by atoms with E-state index in [0.717, 1.165) is 11.6 Å². The van der Waals surface area contributed by atoms with Crippen molar-refractivity contribution in [3.05, 3.63) is 104 Å². The van der Waals surface area contributed by atoms with E-state index in [9.17, 15) is 28.6 Å². The van der Waals surface area contributed by atoms with Crippen molar-refractivity contribution in [2.24, 2.45) is 0 Å². The fourth-order valence-corrected chi connectivity index (χ4v) is 4.35. The van der Waals surface area contributed by atoms with Crippen molar-refractivity contribution in [1.29, 1.82) is 5.26 Å². The molecule has 0 saturated carbocycles. The third-order valence-corrected chi connectivity index (χ3v) is 6.29. The first-order valence-corrected chi connectivity index (χ1v) is 11.8. The number of benzene rings is 3. The van der Waals surface area contributed by atoms with Gasteiger partial charge in [0.15, 0.2) is 5.75 Å². The second kappa shape index (κ2) is 10.7. The van der Waals surface area contributed by atoms with Crippen molar-refractivity contribution < 1.29 is 22.3 Å². The summed E-state index contributed by atoms with van der Waals surface area (Å²) in [7, 11) is -4.35. The summed E-state index contributed by atoms with van der Waals surface area (Å²) in [5, 5.41) is 23.0. The van der Waals surface area contributed by atoms with Gasteiger partial charge in [0.1, 0.15) is 16.5 Å². The summed E-state index contributed by atoms with van der Waals surface area (Å²) in [6.45, 7) is 0.255. The van der Waals surface area contributed by atoms with Gasteiger partial charge in [-0.2, -0.15) is 13.7 Å². The first-order chi connectivity index (χ1) is 16.2. The number of non-ortho nitro benzene ring substituents is 1. The van der Waals surface area contributed by atoms with Crippen molar-refractivity contribution in [3.63, 3.8) is 0 Å². The second-order valence-electron chi connectivity index (χ2n) is 6.82. The Balaban J connectivity index is 1.76. The molecule has 0 spiro atoms. The molecule has 11 heteroatoms. The molecule has 0 bridgehead atoms. The lowest BCUT2D eigenvalue weighted by molar-refractivity contribution is -0.385. The van der Waals surface area contributed by atoms with E-state index in [4.69, 9.17) is 4.18 Å². The second-order valence-corrected chi connectivity index (χ2v) is 9.22. The average Bonchev–Trinajstić information content (AvgIpc) is 2.83. The Kier molecular flexibility index (Phi) is 7.78. The Morgan fingerprint density at radius 2 is 1.85 bits per heavy atom. The fraction of sp³-hybridized carbons (Fsp3) is 0.0435. The number of halogens is 1. The van der Waals surface area contributed by atoms with Crippen LogP contribution in [0, 0.1) is 21.4 Å². The zero-order valence-electron chi connectivity index (χ0n) is 17.3. The number of amides is 1. The molecule has 3 aromatic rings. The molecule has 0 aliphatic heterocycles. The van der Waals surface area contributed by atoms with Crippen molar-refractivity contribution in [2.45, 2.75) is 11.4 Å². The van der Waals surface area contributed by atoms with Crippen LogP contribution >= 0.6 is 15.9 Å². The molecule has 172 valence electrons. The van der Waals surface area contributed by atoms with E-state index in [1.165, 1.54) is 42.5 Å². The minimum atomic E-state index is -4.35. The highest BCUT2D eigenvalue weighted by molar-refractivity contribution is 9.10. The van der Waals surface area contributed by atoms with Gasteiger partial charge in [-0.3, -0.25) is 14.9 Å². The van der Waals surface area contributed by atoms with Gasteiger partial charge in [0.2, 0.25) is 0 Å². The van der Waals surface area contributed by atoms with Crippen LogP contribution in [0.5, 0.6) is 5.75 Å². The summed E-state index contributed by atoms with van der Waals surface area (Å²) in [6.07, 6.45) is 1.35. The summed E-state index contributed by atoms with van der Waals surface area (Å²) >= 11 is 3.21. The lowest BCUT2D eigenvalue weighted by Crippen LogP contribution is -2.23. The third-order valence-electron chi connectivity index (χ3n) is 4.44. The van der Waals surface area contributed by atoms with E-state index in [1.54, 1.807) is 0 Å². The van der Waals surface area contributed by atoms with Crippen LogP contribution in [0.15, 0.2) is 87.7 Å². The van der Waals surface area contributed by atoms with Gasteiger partial charge in [0.25, 0.3) is 11.6 Å². The smallest absolute Gasteiger partial charge is 0.339 e. The number of nitrogens with zero attached hydrogens (tertiary/aromatic N) is 2. The molecule has 0 saturated heterocycles. The minimum Gasteiger partial charge on any atom is -0.378 e. The zero-order chi connectivity index (χ0) is 24.7. The van der Waals surface area contributed by atoms with Gasteiger partial charge in [-0.1, -0.05) is 42.5 Å². The lowest BCUT2D eigenvalue weighted by atomic mass is 10.1. The lowest BCUT2D eigenvalue weighted by Gasteiger charge is -2.09. The Hall–Kier alpha value is -4.01. The van der Waals surface area contributed by atoms with E-state index in [0.29, 0.717) is 5.56 Å². The standard InChI is InChI=1S/C23H16BrN3O6S/c24-21-12-17(11-18(14-25)23(28)26-15-16-5-2-1-3-6-16)9-10-22(21)33-34(31,32)20-8-4-7-19(13-20)27(29)30/h1-13H,15H2,(H,26,28)/b18-11+. The summed E-state index contributed by atoms with van der Waals surface area (Å²) in [5.74, 6) is -0.633. The van der Waals surface area contributed by atoms with Crippen molar-refractivity contribution in [2.75, 3.05) is 0 Å². The molecular formula is C23H16BrN3O6S. The predicted octanol–water partition coefficient (Wildman–Crippen LogP) is 4.35. The largest absolute Gasteiger partial charge is 0.378 e. The van der Waals surface area contributed by atoms with Gasteiger partial charge in [-0.25, -0.2) is 0 Å². The Morgan fingerprint density at radius 1 is 1.12 bits per heavy atom. The van der Waals surface area contributed by atoms with Gasteiger partial charge in [0.05, 0.1) is 9.40 Å². The summed E-state index contributed by atoms with van der Waals surface area (Å²) in [6, 6.07) is 19.8. The number of hydrogen-bond donors (Lipinski definition) is 1. The molecule has 9 nitrogen and oxygen atoms in total. The van der Waals surface area contributed by atoms with Crippen LogP contribution in [0.1, 0.15) is 11.1 Å². The topological polar surface area (TPSA) is 139 Å². The molecule has 1 amide bonds. The molecule has 0 aliphatic rings. The van der Waals surface area contributed by atoms with E-state index in [-0.39, 0.29) is 27.2 Å². The Labute approximate surface area is 203 Å². The molecule has 1 N–H and O–H groups in total. The van der Waals surface area contributed by atoms with Crippen LogP contribution in [0.3, 0.4) is 0 Å². The summed E-state index contributed by atoms with van der Waals surface area (Å²) in [4.78, 5) is 22.2. The van der Waals surface area contributed by atoms with Crippen LogP contribution < -0.4 is 9.50 Å². The van der Waals surface area contributed by atoms with Crippen molar-refractivity contribution in [3.8, 4) is 11.8 Å². The van der Waals surface area contributed by atoms with Crippen molar-refractivity contribution in [1.82, 2.24) is 5.32 Å². The molecule has 3 rings (SSSR count). The maximum absolute atomic E-state index is 12.5. The monoisotopic (exact) mass is 541 g/mol. The summed E-state index contributed by atoms with van der Waals surface area (Å²) in [5.41, 5.74) is 0.792. The highest BCUT2D eigenvalue weighted by Gasteiger charge is 2.21. The number of carbonyl (C=O) groups excluding carboxylic acids is 1. The van der Waals surface area contributed by atoms with Gasteiger partial charge in [-0.15, -0.1) is 0 Å². The molecule has 34 heavy (non-hydrogen) atoms. The van der Waals surface area contributed by atoms with Gasteiger partial charge < -0.3 is 9.50 Å². The van der Waals surface area contributed by atoms with Crippen LogP contribution in [0.2, 0.25) is 0 Å². The van der Waals surface area contributed by atoms with Crippen LogP contribution in [-0.4, -0.2) is 19.2 Å². The number of rotatable bonds is 8. The van der Waals surface area contributed by atoms with Crippen LogP contribution in [-0.2, 0) is 21.5 Å². The molecule has 0 atom stereocenters. The highest BCUT2D eigenvalue weighted by Crippen LogP contribution is 2.30. The molecule has 0 aliphatic carbocycles. The molecule has 0 unspecified atom stereocenters. The first-order valence-electron chi connectivity index (χ1n) is 9.62. The van der Waals surface area contributed by atoms with E-state index in [2.05, 4.69) is 21.2 Å². The van der Waals surface area contributed by atoms with Gasteiger partial charge in [-0.05, 0) is 51.3 Å². The van der Waals surface area contributed by atoms with E-state index in [1.807, 2.05) is 36.4 Å². The van der Waals surface area contributed by atoms with Crippen LogP contribution in [0.4, 0.5) is 5.69 Å². The maximum atomic E-state index is 12.5. The first kappa shape index (κ1) is 24.6. The zero-order valence-corrected chi connectivity index (χ0v) is 19.7. The number of hydrogen-bond acceptors (Lipinski definition) is 7. The predicted molar refractivity (Wildman–Crippen MR) is 127 cm³/mol. The quantitative estimate of drug-likeness (QED) is 0.147. The molecule has 0 fully saturated rings. The third kappa shape index (κ3) is 6.28. The SMILES string of the molecule is N#C/C(=C\c1ccc(OS(=O)(=O)c2cccc([N+](=O)[O-])c2)c(Br)c1)C(=O)NCc1ccccc1. The Morgan fingerprint density at radius 3 is 2.50 bits per heavy atom. The van der Waals surface area contributed by atoms with Gasteiger partial charge >= 0.3 is 10.1 Å². The van der Waals surface area contributed by atoms with E-state index >= 15 is 0 Å². The number of carbonyl (C=O) groups is 1. The number of nitriles is 1. The average molecular weight is 542 g/mol. The number of nitrogens with one attached hydrogen (secondary N) is 1. The minimum absolute atomic E-state index is 0.0734. The molecule has 0 heterocycles. The molecule has 3 aromatic carbocycles. The normalized spacial score (nSPS) is 11.4. The fourth-order valence-electron chi connectivity index (χ4n) is 2.78. The highest BCUT2D eigenvalue weighted by atomic mass is 79.9. The van der Waals surface area contributed by atoms with Gasteiger partial charge in [0, 0.05) is 18.7 Å². The van der Waals surface area contributed by atoms with Crippen molar-refractivity contribution >= 4 is 43.7 Å². The molecular weight excluding hydrogens is 526 g/mol. The number of nitro benzene ring substituents is 1. The molecule has 0 aromatic heterocycles. The number of nitro groups is 1. The summed E-state index contributed by atoms with van der Waals surface area (Å²) < 4.78 is 30.4. The maximum Gasteiger partial charge on any atom is 0.339 e.